The number of halogens is 2. The van der Waals surface area contributed by atoms with Crippen LogP contribution in [0.1, 0.15) is 20.3 Å². The van der Waals surface area contributed by atoms with Crippen molar-refractivity contribution < 1.29 is 23.1 Å². The van der Waals surface area contributed by atoms with Gasteiger partial charge >= 0.3 is 5.97 Å². The van der Waals surface area contributed by atoms with Crippen LogP contribution in [0.15, 0.2) is 23.1 Å². The Bertz CT molecular complexity index is 538. The number of hydrogen-bond donors (Lipinski definition) is 1. The molecule has 22 heavy (non-hydrogen) atoms. The van der Waals surface area contributed by atoms with Crippen molar-refractivity contribution in [3.8, 4) is 0 Å². The van der Waals surface area contributed by atoms with Gasteiger partial charge in [0.05, 0.1) is 12.9 Å². The van der Waals surface area contributed by atoms with E-state index in [0.717, 1.165) is 23.9 Å². The molecule has 0 saturated carbocycles. The zero-order chi connectivity index (χ0) is 16.7. The third kappa shape index (κ3) is 6.01. The van der Waals surface area contributed by atoms with Gasteiger partial charge in [-0.25, -0.2) is 13.6 Å². The highest BCUT2D eigenvalue weighted by atomic mass is 32.2. The Morgan fingerprint density at radius 3 is 2.55 bits per heavy atom. The molecule has 4 nitrogen and oxygen atoms in total. The van der Waals surface area contributed by atoms with Crippen LogP contribution in [0.5, 0.6) is 0 Å². The summed E-state index contributed by atoms with van der Waals surface area (Å²) in [6, 6.07) is 2.43. The largest absolute Gasteiger partial charge is 0.467 e. The number of carbonyl (C=O) groups is 2. The van der Waals surface area contributed by atoms with Crippen LogP contribution in [-0.2, 0) is 14.3 Å². The van der Waals surface area contributed by atoms with E-state index < -0.39 is 29.6 Å². The van der Waals surface area contributed by atoms with Gasteiger partial charge in [0.1, 0.15) is 17.7 Å². The summed E-state index contributed by atoms with van der Waals surface area (Å²) in [6.45, 7) is 3.84. The molecule has 0 bridgehead atoms. The van der Waals surface area contributed by atoms with Gasteiger partial charge in [-0.05, 0) is 24.5 Å². The van der Waals surface area contributed by atoms with Gasteiger partial charge in [-0.2, -0.15) is 0 Å². The predicted molar refractivity (Wildman–Crippen MR) is 80.5 cm³/mol. The summed E-state index contributed by atoms with van der Waals surface area (Å²) in [6.07, 6.45) is 0.452. The third-order valence-corrected chi connectivity index (χ3v) is 3.83. The average molecular weight is 331 g/mol. The van der Waals surface area contributed by atoms with Gasteiger partial charge in [-0.3, -0.25) is 4.79 Å². The lowest BCUT2D eigenvalue weighted by Gasteiger charge is -2.18. The lowest BCUT2D eigenvalue weighted by atomic mass is 10.0. The molecule has 0 aliphatic heterocycles. The van der Waals surface area contributed by atoms with Crippen LogP contribution in [-0.4, -0.2) is 30.8 Å². The summed E-state index contributed by atoms with van der Waals surface area (Å²) in [5.74, 6) is -2.19. The number of rotatable bonds is 7. The van der Waals surface area contributed by atoms with E-state index in [1.165, 1.54) is 13.2 Å². The zero-order valence-corrected chi connectivity index (χ0v) is 13.5. The molecule has 0 aromatic heterocycles. The summed E-state index contributed by atoms with van der Waals surface area (Å²) in [5, 5.41) is 2.57. The van der Waals surface area contributed by atoms with Crippen molar-refractivity contribution in [3.63, 3.8) is 0 Å². The van der Waals surface area contributed by atoms with Crippen LogP contribution in [0.25, 0.3) is 0 Å². The molecule has 1 amide bonds. The van der Waals surface area contributed by atoms with Crippen LogP contribution < -0.4 is 5.32 Å². The van der Waals surface area contributed by atoms with E-state index in [-0.39, 0.29) is 16.6 Å². The van der Waals surface area contributed by atoms with Crippen molar-refractivity contribution in [1.29, 1.82) is 0 Å². The number of benzene rings is 1. The zero-order valence-electron chi connectivity index (χ0n) is 12.7. The number of esters is 1. The second kappa shape index (κ2) is 8.73. The Morgan fingerprint density at radius 1 is 1.32 bits per heavy atom. The van der Waals surface area contributed by atoms with Crippen LogP contribution >= 0.6 is 11.8 Å². The van der Waals surface area contributed by atoms with Crippen molar-refractivity contribution in [2.75, 3.05) is 12.9 Å². The van der Waals surface area contributed by atoms with Crippen LogP contribution in [0.2, 0.25) is 0 Å². The molecule has 0 heterocycles. The fraction of sp³-hybridized carbons (Fsp3) is 0.467. The maximum absolute atomic E-state index is 13.5. The fourth-order valence-electron chi connectivity index (χ4n) is 1.80. The molecule has 0 fully saturated rings. The first-order valence-corrected chi connectivity index (χ1v) is 7.77. The number of amides is 1. The van der Waals surface area contributed by atoms with Gasteiger partial charge in [0.25, 0.3) is 0 Å². The molecule has 0 unspecified atom stereocenters. The molecule has 1 aromatic carbocycles. The number of thioether (sulfide) groups is 1. The molecule has 0 spiro atoms. The Morgan fingerprint density at radius 2 is 2.00 bits per heavy atom. The van der Waals surface area contributed by atoms with Gasteiger partial charge < -0.3 is 10.1 Å². The summed E-state index contributed by atoms with van der Waals surface area (Å²) >= 11 is 0.938. The first-order chi connectivity index (χ1) is 10.3. The summed E-state index contributed by atoms with van der Waals surface area (Å²) in [5.41, 5.74) is 0. The number of carbonyl (C=O) groups excluding carboxylic acids is 2. The first kappa shape index (κ1) is 18.4. The number of hydrogen-bond acceptors (Lipinski definition) is 4. The van der Waals surface area contributed by atoms with E-state index >= 15 is 0 Å². The molecule has 122 valence electrons. The Labute approximate surface area is 132 Å². The molecule has 1 atom stereocenters. The number of methoxy groups -OCH3 is 1. The Hall–Kier alpha value is -1.63. The monoisotopic (exact) mass is 331 g/mol. The highest BCUT2D eigenvalue weighted by molar-refractivity contribution is 8.00. The number of nitrogens with one attached hydrogen (secondary N) is 1. The van der Waals surface area contributed by atoms with Crippen molar-refractivity contribution >= 4 is 23.6 Å². The summed E-state index contributed by atoms with van der Waals surface area (Å²) in [4.78, 5) is 23.6. The van der Waals surface area contributed by atoms with E-state index in [1.807, 2.05) is 13.8 Å². The molecule has 1 N–H and O–H groups in total. The van der Waals surface area contributed by atoms with Crippen molar-refractivity contribution in [3.05, 3.63) is 29.8 Å². The molecule has 1 aromatic rings. The normalized spacial score (nSPS) is 12.1. The maximum Gasteiger partial charge on any atom is 0.328 e. The minimum atomic E-state index is -0.726. The van der Waals surface area contributed by atoms with Crippen molar-refractivity contribution in [2.45, 2.75) is 31.2 Å². The topological polar surface area (TPSA) is 55.4 Å². The van der Waals surface area contributed by atoms with E-state index in [9.17, 15) is 18.4 Å². The quantitative estimate of drug-likeness (QED) is 0.617. The Kier molecular flexibility index (Phi) is 7.31. The minimum Gasteiger partial charge on any atom is -0.467 e. The van der Waals surface area contributed by atoms with Crippen LogP contribution in [0.3, 0.4) is 0 Å². The highest BCUT2D eigenvalue weighted by Gasteiger charge is 2.22. The van der Waals surface area contributed by atoms with Gasteiger partial charge in [0, 0.05) is 11.0 Å². The van der Waals surface area contributed by atoms with Crippen molar-refractivity contribution in [1.82, 2.24) is 5.32 Å². The second-order valence-corrected chi connectivity index (χ2v) is 6.15. The number of ether oxygens (including phenoxy) is 1. The SMILES string of the molecule is COC(=O)[C@@H](CC(C)C)NC(=O)CSc1ccc(F)cc1F. The standard InChI is InChI=1S/C15H19F2NO3S/c1-9(2)6-12(15(20)21-3)18-14(19)8-22-13-5-4-10(16)7-11(13)17/h4-5,7,9,12H,6,8H2,1-3H3,(H,18,19)/t12-/m1/s1. The molecule has 0 aliphatic carbocycles. The molecular weight excluding hydrogens is 312 g/mol. The molecule has 0 aliphatic rings. The van der Waals surface area contributed by atoms with Gasteiger partial charge in [0.2, 0.25) is 5.91 Å². The van der Waals surface area contributed by atoms with Gasteiger partial charge in [-0.1, -0.05) is 13.8 Å². The molecule has 7 heteroatoms. The Balaban J connectivity index is 2.58. The third-order valence-electron chi connectivity index (χ3n) is 2.78. The van der Waals surface area contributed by atoms with E-state index in [2.05, 4.69) is 10.1 Å². The van der Waals surface area contributed by atoms with E-state index in [4.69, 9.17) is 0 Å². The first-order valence-electron chi connectivity index (χ1n) is 6.78. The lowest BCUT2D eigenvalue weighted by molar-refractivity contribution is -0.145. The highest BCUT2D eigenvalue weighted by Crippen LogP contribution is 2.22. The summed E-state index contributed by atoms with van der Waals surface area (Å²) in [7, 11) is 1.25. The van der Waals surface area contributed by atoms with E-state index in [1.54, 1.807) is 0 Å². The summed E-state index contributed by atoms with van der Waals surface area (Å²) < 4.78 is 30.9. The lowest BCUT2D eigenvalue weighted by Crippen LogP contribution is -2.43. The van der Waals surface area contributed by atoms with Crippen LogP contribution in [0, 0.1) is 17.6 Å². The van der Waals surface area contributed by atoms with Gasteiger partial charge in [0.15, 0.2) is 0 Å². The van der Waals surface area contributed by atoms with Crippen LogP contribution in [0.4, 0.5) is 8.78 Å². The molecule has 0 radical (unpaired) electrons. The molecule has 0 saturated heterocycles. The average Bonchev–Trinajstić information content (AvgIpc) is 2.44. The van der Waals surface area contributed by atoms with Gasteiger partial charge in [-0.15, -0.1) is 11.8 Å². The smallest absolute Gasteiger partial charge is 0.328 e. The second-order valence-electron chi connectivity index (χ2n) is 5.14. The maximum atomic E-state index is 13.5. The van der Waals surface area contributed by atoms with E-state index in [0.29, 0.717) is 6.42 Å². The van der Waals surface area contributed by atoms with Crippen molar-refractivity contribution in [2.24, 2.45) is 5.92 Å². The fourth-order valence-corrected chi connectivity index (χ4v) is 2.53. The predicted octanol–water partition coefficient (Wildman–Crippen LogP) is 2.76. The minimum absolute atomic E-state index is 0.0753. The molecule has 1 rings (SSSR count). The molecular formula is C15H19F2NO3S.